The molecule has 0 saturated carbocycles. The highest BCUT2D eigenvalue weighted by Gasteiger charge is 2.23. The van der Waals surface area contributed by atoms with Gasteiger partial charge in [0.05, 0.1) is 27.2 Å². The average Bonchev–Trinajstić information content (AvgIpc) is 3.19. The summed E-state index contributed by atoms with van der Waals surface area (Å²) in [5, 5.41) is 22.9. The molecule has 4 rings (SSSR count). The standard InChI is InChI=1S/C22H21N5O7S/c1-34-20(28)13-25-17-8-6-15(26(30)31)12-19(17)35-22(25)23-21(29)14-5-7-16(18(11-14)27(32)33)24-9-3-2-4-10-24/h5-8,11-12H,2-4,9-10,13H2,1H3. The smallest absolute Gasteiger partial charge is 0.325 e. The van der Waals surface area contributed by atoms with Crippen molar-refractivity contribution in [2.45, 2.75) is 25.8 Å². The van der Waals surface area contributed by atoms with E-state index in [4.69, 9.17) is 4.74 Å². The summed E-state index contributed by atoms with van der Waals surface area (Å²) in [6.45, 7) is 1.15. The van der Waals surface area contributed by atoms with Gasteiger partial charge in [0, 0.05) is 36.9 Å². The first-order valence-electron chi connectivity index (χ1n) is 10.8. The monoisotopic (exact) mass is 499 g/mol. The van der Waals surface area contributed by atoms with Crippen molar-refractivity contribution in [3.05, 3.63) is 67.0 Å². The van der Waals surface area contributed by atoms with Crippen LogP contribution in [0.5, 0.6) is 0 Å². The molecule has 1 aliphatic heterocycles. The second-order valence-corrected chi connectivity index (χ2v) is 8.89. The number of carbonyl (C=O) groups is 2. The van der Waals surface area contributed by atoms with E-state index in [0.717, 1.165) is 30.6 Å². The van der Waals surface area contributed by atoms with Crippen molar-refractivity contribution in [2.75, 3.05) is 25.1 Å². The van der Waals surface area contributed by atoms with Crippen molar-refractivity contribution in [1.82, 2.24) is 4.57 Å². The largest absolute Gasteiger partial charge is 0.468 e. The van der Waals surface area contributed by atoms with Crippen molar-refractivity contribution in [2.24, 2.45) is 4.99 Å². The van der Waals surface area contributed by atoms with Gasteiger partial charge in [-0.1, -0.05) is 11.3 Å². The molecule has 0 N–H and O–H groups in total. The Morgan fingerprint density at radius 1 is 1.06 bits per heavy atom. The average molecular weight is 500 g/mol. The molecule has 12 nitrogen and oxygen atoms in total. The molecule has 13 heteroatoms. The zero-order valence-electron chi connectivity index (χ0n) is 18.7. The molecule has 2 heterocycles. The minimum atomic E-state index is -0.738. The van der Waals surface area contributed by atoms with E-state index in [9.17, 15) is 29.8 Å². The van der Waals surface area contributed by atoms with E-state index < -0.39 is 21.7 Å². The van der Waals surface area contributed by atoms with Gasteiger partial charge in [-0.15, -0.1) is 0 Å². The fourth-order valence-electron chi connectivity index (χ4n) is 3.96. The topological polar surface area (TPSA) is 150 Å². The lowest BCUT2D eigenvalue weighted by Crippen LogP contribution is -2.30. The fourth-order valence-corrected chi connectivity index (χ4v) is 5.02. The van der Waals surface area contributed by atoms with Gasteiger partial charge in [-0.3, -0.25) is 29.8 Å². The molecule has 3 aromatic rings. The number of fused-ring (bicyclic) bond motifs is 1. The fraction of sp³-hybridized carbons (Fsp3) is 0.318. The Morgan fingerprint density at radius 3 is 2.46 bits per heavy atom. The van der Waals surface area contributed by atoms with Crippen LogP contribution >= 0.6 is 11.3 Å². The lowest BCUT2D eigenvalue weighted by Gasteiger charge is -2.28. The Bertz CT molecular complexity index is 1400. The summed E-state index contributed by atoms with van der Waals surface area (Å²) in [4.78, 5) is 52.9. The third kappa shape index (κ3) is 5.04. The Hall–Kier alpha value is -4.13. The number of hydrogen-bond acceptors (Lipinski definition) is 9. The number of nitro groups is 2. The second-order valence-electron chi connectivity index (χ2n) is 7.88. The number of thiazole rings is 1. The lowest BCUT2D eigenvalue weighted by atomic mass is 10.1. The van der Waals surface area contributed by atoms with Gasteiger partial charge < -0.3 is 14.2 Å². The molecule has 1 amide bonds. The second kappa shape index (κ2) is 10.0. The van der Waals surface area contributed by atoms with Crippen molar-refractivity contribution in [1.29, 1.82) is 0 Å². The molecule has 1 aromatic heterocycles. The summed E-state index contributed by atoms with van der Waals surface area (Å²) >= 11 is 0.988. The molecule has 182 valence electrons. The molecule has 0 aliphatic carbocycles. The molecule has 1 aliphatic rings. The van der Waals surface area contributed by atoms with E-state index >= 15 is 0 Å². The third-order valence-electron chi connectivity index (χ3n) is 5.71. The summed E-state index contributed by atoms with van der Waals surface area (Å²) in [5.74, 6) is -1.34. The maximum absolute atomic E-state index is 13.0. The molecule has 0 spiro atoms. The number of non-ortho nitro benzene ring substituents is 1. The lowest BCUT2D eigenvalue weighted by molar-refractivity contribution is -0.384. The van der Waals surface area contributed by atoms with E-state index in [1.54, 1.807) is 6.07 Å². The number of carbonyl (C=O) groups excluding carboxylic acids is 2. The van der Waals surface area contributed by atoms with Gasteiger partial charge in [0.25, 0.3) is 17.3 Å². The van der Waals surface area contributed by atoms with Gasteiger partial charge in [0.2, 0.25) is 0 Å². The summed E-state index contributed by atoms with van der Waals surface area (Å²) in [6, 6.07) is 8.34. The Labute approximate surface area is 202 Å². The normalized spacial score (nSPS) is 14.2. The first-order valence-corrected chi connectivity index (χ1v) is 11.6. The molecular formula is C22H21N5O7S. The highest BCUT2D eigenvalue weighted by atomic mass is 32.1. The van der Waals surface area contributed by atoms with Crippen LogP contribution in [0.25, 0.3) is 10.2 Å². The Morgan fingerprint density at radius 2 is 1.80 bits per heavy atom. The minimum Gasteiger partial charge on any atom is -0.468 e. The molecule has 0 unspecified atom stereocenters. The highest BCUT2D eigenvalue weighted by molar-refractivity contribution is 7.16. The highest BCUT2D eigenvalue weighted by Crippen LogP contribution is 2.31. The predicted molar refractivity (Wildman–Crippen MR) is 128 cm³/mol. The van der Waals surface area contributed by atoms with Crippen LogP contribution in [-0.2, 0) is 16.1 Å². The van der Waals surface area contributed by atoms with E-state index in [-0.39, 0.29) is 28.3 Å². The van der Waals surface area contributed by atoms with Crippen LogP contribution in [0.15, 0.2) is 41.4 Å². The van der Waals surface area contributed by atoms with Crippen LogP contribution in [-0.4, -0.2) is 46.5 Å². The number of piperidine rings is 1. The third-order valence-corrected chi connectivity index (χ3v) is 6.75. The molecule has 35 heavy (non-hydrogen) atoms. The van der Waals surface area contributed by atoms with E-state index in [2.05, 4.69) is 4.99 Å². The molecule has 1 fully saturated rings. The number of ether oxygens (including phenoxy) is 1. The van der Waals surface area contributed by atoms with Crippen LogP contribution in [0.2, 0.25) is 0 Å². The van der Waals surface area contributed by atoms with Crippen LogP contribution < -0.4 is 9.70 Å². The molecule has 2 aromatic carbocycles. The Balaban J connectivity index is 1.78. The molecule has 0 atom stereocenters. The maximum Gasteiger partial charge on any atom is 0.325 e. The van der Waals surface area contributed by atoms with Gasteiger partial charge in [-0.05, 0) is 37.5 Å². The van der Waals surface area contributed by atoms with Crippen LogP contribution in [0.3, 0.4) is 0 Å². The van der Waals surface area contributed by atoms with Gasteiger partial charge in [0.15, 0.2) is 4.80 Å². The first kappa shape index (κ1) is 24.0. The van der Waals surface area contributed by atoms with Gasteiger partial charge in [-0.2, -0.15) is 4.99 Å². The number of esters is 1. The van der Waals surface area contributed by atoms with Gasteiger partial charge >= 0.3 is 5.97 Å². The number of amides is 1. The van der Waals surface area contributed by atoms with Crippen LogP contribution in [0, 0.1) is 20.2 Å². The van der Waals surface area contributed by atoms with E-state index in [1.165, 1.54) is 42.0 Å². The number of benzene rings is 2. The van der Waals surface area contributed by atoms with Crippen molar-refractivity contribution < 1.29 is 24.2 Å². The number of nitrogens with zero attached hydrogens (tertiary/aromatic N) is 5. The molecule has 1 saturated heterocycles. The number of anilines is 1. The van der Waals surface area contributed by atoms with Gasteiger partial charge in [0.1, 0.15) is 12.2 Å². The summed E-state index contributed by atoms with van der Waals surface area (Å²) in [7, 11) is 1.22. The number of hydrogen-bond donors (Lipinski definition) is 0. The van der Waals surface area contributed by atoms with E-state index in [1.807, 2.05) is 4.90 Å². The number of aromatic nitrogens is 1. The number of rotatable bonds is 6. The van der Waals surface area contributed by atoms with Crippen molar-refractivity contribution >= 4 is 50.5 Å². The summed E-state index contributed by atoms with van der Waals surface area (Å²) in [5.41, 5.74) is 0.615. The SMILES string of the molecule is COC(=O)Cn1c(=NC(=O)c2ccc(N3CCCCC3)c([N+](=O)[O-])c2)sc2cc([N+](=O)[O-])ccc21. The zero-order valence-corrected chi connectivity index (χ0v) is 19.5. The zero-order chi connectivity index (χ0) is 25.1. The molecule has 0 bridgehead atoms. The van der Waals surface area contributed by atoms with Gasteiger partial charge in [-0.25, -0.2) is 0 Å². The minimum absolute atomic E-state index is 0.0190. The summed E-state index contributed by atoms with van der Waals surface area (Å²) in [6.07, 6.45) is 2.96. The van der Waals surface area contributed by atoms with Crippen molar-refractivity contribution in [3.63, 3.8) is 0 Å². The molecular weight excluding hydrogens is 478 g/mol. The first-order chi connectivity index (χ1) is 16.8. The number of methoxy groups -OCH3 is 1. The number of nitro benzene ring substituents is 2. The maximum atomic E-state index is 13.0. The Kier molecular flexibility index (Phi) is 6.87. The van der Waals surface area contributed by atoms with Crippen LogP contribution in [0.4, 0.5) is 17.1 Å². The molecule has 0 radical (unpaired) electrons. The summed E-state index contributed by atoms with van der Waals surface area (Å²) < 4.78 is 6.59. The van der Waals surface area contributed by atoms with Crippen LogP contribution in [0.1, 0.15) is 29.6 Å². The predicted octanol–water partition coefficient (Wildman–Crippen LogP) is 3.42. The quantitative estimate of drug-likeness (QED) is 0.284. The van der Waals surface area contributed by atoms with E-state index in [0.29, 0.717) is 29.0 Å². The van der Waals surface area contributed by atoms with Crippen molar-refractivity contribution in [3.8, 4) is 0 Å².